The van der Waals surface area contributed by atoms with Crippen molar-refractivity contribution in [2.24, 2.45) is 0 Å². The van der Waals surface area contributed by atoms with Crippen LogP contribution < -0.4 is 5.48 Å². The first kappa shape index (κ1) is 23.4. The highest BCUT2D eigenvalue weighted by atomic mass is 16.6. The summed E-state index contributed by atoms with van der Waals surface area (Å²) in [5.74, 6) is -1.36. The van der Waals surface area contributed by atoms with Gasteiger partial charge in [0.05, 0.1) is 12.3 Å². The first-order chi connectivity index (χ1) is 15.5. The number of fused-ring (bicyclic) bond motifs is 1. The lowest BCUT2D eigenvalue weighted by molar-refractivity contribution is -0.139. The van der Waals surface area contributed by atoms with Crippen LogP contribution >= 0.6 is 0 Å². The molecule has 2 aliphatic rings. The zero-order valence-corrected chi connectivity index (χ0v) is 18.1. The summed E-state index contributed by atoms with van der Waals surface area (Å²) in [6.07, 6.45) is 14.5. The van der Waals surface area contributed by atoms with Gasteiger partial charge in [-0.2, -0.15) is 0 Å². The van der Waals surface area contributed by atoms with E-state index >= 15 is 0 Å². The second-order valence-electron chi connectivity index (χ2n) is 7.74. The number of nitrogens with zero attached hydrogens (tertiary/aromatic N) is 1. The zero-order valence-electron chi connectivity index (χ0n) is 18.1. The van der Waals surface area contributed by atoms with Gasteiger partial charge in [0.25, 0.3) is 5.91 Å². The molecule has 3 rings (SSSR count). The number of hydrogen-bond donors (Lipinski definition) is 3. The van der Waals surface area contributed by atoms with E-state index in [1.54, 1.807) is 17.1 Å². The number of hydroxylamine groups is 1. The van der Waals surface area contributed by atoms with E-state index in [2.05, 4.69) is 5.48 Å². The number of aromatic hydroxyl groups is 2. The van der Waals surface area contributed by atoms with Crippen molar-refractivity contribution in [2.45, 2.75) is 38.5 Å². The summed E-state index contributed by atoms with van der Waals surface area (Å²) >= 11 is 0. The number of rotatable bonds is 4. The molecule has 2 aliphatic heterocycles. The number of cyclic esters (lactones) is 1. The maximum atomic E-state index is 12.6. The molecule has 1 amide bonds. The minimum absolute atomic E-state index is 0.0547. The Morgan fingerprint density at radius 1 is 1.06 bits per heavy atom. The monoisotopic (exact) mass is 442 g/mol. The number of phenols is 2. The minimum atomic E-state index is -0.691. The van der Waals surface area contributed by atoms with E-state index in [9.17, 15) is 19.8 Å². The van der Waals surface area contributed by atoms with E-state index in [0.29, 0.717) is 12.1 Å². The molecular weight excluding hydrogens is 412 g/mol. The number of allylic oxidation sites excluding steroid dienone is 3. The minimum Gasteiger partial charge on any atom is -0.508 e. The van der Waals surface area contributed by atoms with Crippen molar-refractivity contribution in [1.82, 2.24) is 10.4 Å². The summed E-state index contributed by atoms with van der Waals surface area (Å²) in [5.41, 5.74) is 3.42. The predicted molar refractivity (Wildman–Crippen MR) is 120 cm³/mol. The van der Waals surface area contributed by atoms with Crippen molar-refractivity contribution in [3.8, 4) is 11.5 Å². The lowest BCUT2D eigenvalue weighted by atomic mass is 10.0. The molecule has 0 atom stereocenters. The summed E-state index contributed by atoms with van der Waals surface area (Å²) in [6, 6.07) is 2.45. The molecule has 0 unspecified atom stereocenters. The molecule has 8 heteroatoms. The highest BCUT2D eigenvalue weighted by Crippen LogP contribution is 2.29. The first-order valence-electron chi connectivity index (χ1n) is 11.0. The number of amides is 1. The van der Waals surface area contributed by atoms with E-state index in [4.69, 9.17) is 9.57 Å². The number of ether oxygens (including phenoxy) is 1. The Labute approximate surface area is 187 Å². The van der Waals surface area contributed by atoms with Crippen LogP contribution in [-0.2, 0) is 14.4 Å². The van der Waals surface area contributed by atoms with Crippen molar-refractivity contribution in [1.29, 1.82) is 0 Å². The van der Waals surface area contributed by atoms with Gasteiger partial charge in [-0.25, -0.2) is 4.79 Å². The van der Waals surface area contributed by atoms with E-state index < -0.39 is 5.97 Å². The van der Waals surface area contributed by atoms with Crippen LogP contribution in [0.5, 0.6) is 11.5 Å². The fourth-order valence-corrected chi connectivity index (χ4v) is 3.59. The van der Waals surface area contributed by atoms with Crippen LogP contribution in [0, 0.1) is 0 Å². The van der Waals surface area contributed by atoms with Crippen LogP contribution in [0.3, 0.4) is 0 Å². The van der Waals surface area contributed by atoms with Gasteiger partial charge >= 0.3 is 5.97 Å². The van der Waals surface area contributed by atoms with E-state index in [0.717, 1.165) is 51.3 Å². The Bertz CT molecular complexity index is 900. The number of esters is 1. The molecular formula is C24H30N2O6. The van der Waals surface area contributed by atoms with Crippen molar-refractivity contribution < 1.29 is 29.4 Å². The third-order valence-corrected chi connectivity index (χ3v) is 5.22. The molecule has 2 heterocycles. The average Bonchev–Trinajstić information content (AvgIpc) is 2.77. The topological polar surface area (TPSA) is 108 Å². The number of phenolic OH excluding ortho intramolecular Hbond substituents is 2. The molecule has 1 aromatic rings. The Morgan fingerprint density at radius 3 is 2.62 bits per heavy atom. The molecule has 3 N–H and O–H groups in total. The molecule has 1 aromatic carbocycles. The molecule has 0 bridgehead atoms. The zero-order chi connectivity index (χ0) is 22.8. The van der Waals surface area contributed by atoms with Crippen molar-refractivity contribution in [2.75, 3.05) is 26.3 Å². The second-order valence-corrected chi connectivity index (χ2v) is 7.74. The normalized spacial score (nSPS) is 20.3. The Balaban J connectivity index is 1.80. The Morgan fingerprint density at radius 2 is 1.81 bits per heavy atom. The SMILES string of the molecule is O=C1OCCC=CCC/C=C/C(NOCC(=O)N2CCCCC2)=C/c2cc(O)cc(O)c21. The number of piperidine rings is 1. The van der Waals surface area contributed by atoms with Crippen LogP contribution in [0.4, 0.5) is 0 Å². The second kappa shape index (κ2) is 12.0. The van der Waals surface area contributed by atoms with E-state index in [1.807, 2.05) is 18.2 Å². The number of nitrogens with one attached hydrogen (secondary N) is 1. The van der Waals surface area contributed by atoms with Gasteiger partial charge in [-0.1, -0.05) is 18.2 Å². The maximum absolute atomic E-state index is 12.6. The Hall–Kier alpha value is -3.26. The number of carbonyl (C=O) groups excluding carboxylic acids is 2. The summed E-state index contributed by atoms with van der Waals surface area (Å²) in [7, 11) is 0. The molecule has 1 saturated heterocycles. The van der Waals surface area contributed by atoms with Crippen LogP contribution in [0.1, 0.15) is 54.4 Å². The third kappa shape index (κ3) is 6.88. The predicted octanol–water partition coefficient (Wildman–Crippen LogP) is 3.43. The molecule has 32 heavy (non-hydrogen) atoms. The fourth-order valence-electron chi connectivity index (χ4n) is 3.59. The number of benzene rings is 1. The standard InChI is InChI=1S/C24H30N2O6/c27-20-15-18-14-19(25-32-17-22(29)26-11-7-5-8-12-26)10-6-3-1-2-4-9-13-31-24(30)23(18)21(28)16-20/h2,4,6,10,14-16,25,27-28H,1,3,5,7-9,11-13,17H2/b4-2?,10-6+,19-14-. The molecule has 1 fully saturated rings. The first-order valence-corrected chi connectivity index (χ1v) is 11.0. The third-order valence-electron chi connectivity index (χ3n) is 5.22. The summed E-state index contributed by atoms with van der Waals surface area (Å²) in [5, 5.41) is 20.2. The average molecular weight is 443 g/mol. The smallest absolute Gasteiger partial charge is 0.342 e. The van der Waals surface area contributed by atoms with Crippen LogP contribution in [0.25, 0.3) is 6.08 Å². The van der Waals surface area contributed by atoms with Gasteiger partial charge in [-0.15, -0.1) is 0 Å². The van der Waals surface area contributed by atoms with Crippen LogP contribution in [-0.4, -0.2) is 53.3 Å². The largest absolute Gasteiger partial charge is 0.508 e. The Kier molecular flexibility index (Phi) is 8.74. The lowest BCUT2D eigenvalue weighted by Gasteiger charge is -2.26. The number of hydrogen-bond acceptors (Lipinski definition) is 7. The lowest BCUT2D eigenvalue weighted by Crippen LogP contribution is -2.39. The van der Waals surface area contributed by atoms with Gasteiger partial charge in [0, 0.05) is 19.2 Å². The quantitative estimate of drug-likeness (QED) is 0.372. The van der Waals surface area contributed by atoms with Gasteiger partial charge < -0.3 is 19.8 Å². The van der Waals surface area contributed by atoms with Gasteiger partial charge in [0.1, 0.15) is 17.1 Å². The van der Waals surface area contributed by atoms with Gasteiger partial charge in [0.2, 0.25) is 0 Å². The fraction of sp³-hybridized carbons (Fsp3) is 0.417. The molecule has 0 aliphatic carbocycles. The van der Waals surface area contributed by atoms with Crippen molar-refractivity contribution in [3.63, 3.8) is 0 Å². The van der Waals surface area contributed by atoms with Gasteiger partial charge in [-0.3, -0.25) is 15.1 Å². The van der Waals surface area contributed by atoms with Crippen molar-refractivity contribution in [3.05, 3.63) is 53.3 Å². The van der Waals surface area contributed by atoms with Gasteiger partial charge in [0.15, 0.2) is 6.61 Å². The summed E-state index contributed by atoms with van der Waals surface area (Å²) in [4.78, 5) is 32.1. The molecule has 0 spiro atoms. The molecule has 0 saturated carbocycles. The van der Waals surface area contributed by atoms with Gasteiger partial charge in [-0.05, 0) is 62.3 Å². The van der Waals surface area contributed by atoms with Crippen LogP contribution in [0.15, 0.2) is 42.1 Å². The number of carbonyl (C=O) groups is 2. The van der Waals surface area contributed by atoms with E-state index in [1.165, 1.54) is 6.07 Å². The van der Waals surface area contributed by atoms with Crippen molar-refractivity contribution >= 4 is 18.0 Å². The molecule has 0 aromatic heterocycles. The highest BCUT2D eigenvalue weighted by molar-refractivity contribution is 5.97. The maximum Gasteiger partial charge on any atom is 0.342 e. The number of likely N-dealkylation sites (tertiary alicyclic amines) is 1. The summed E-state index contributed by atoms with van der Waals surface area (Å²) < 4.78 is 5.27. The molecule has 172 valence electrons. The van der Waals surface area contributed by atoms with E-state index in [-0.39, 0.29) is 41.7 Å². The highest BCUT2D eigenvalue weighted by Gasteiger charge is 2.19. The van der Waals surface area contributed by atoms with Crippen LogP contribution in [0.2, 0.25) is 0 Å². The molecule has 0 radical (unpaired) electrons. The molecule has 8 nitrogen and oxygen atoms in total. The summed E-state index contributed by atoms with van der Waals surface area (Å²) in [6.45, 7) is 1.54.